The van der Waals surface area contributed by atoms with Gasteiger partial charge in [-0.1, -0.05) is 0 Å². The monoisotopic (exact) mass is 389 g/mol. The molecule has 28 heavy (non-hydrogen) atoms. The topological polar surface area (TPSA) is 72.6 Å². The summed E-state index contributed by atoms with van der Waals surface area (Å²) in [7, 11) is 0. The highest BCUT2D eigenvalue weighted by molar-refractivity contribution is 5.57. The Morgan fingerprint density at radius 2 is 1.93 bits per heavy atom. The van der Waals surface area contributed by atoms with E-state index in [1.165, 1.54) is 18.7 Å². The van der Waals surface area contributed by atoms with Crippen LogP contribution in [0.2, 0.25) is 0 Å². The molecule has 0 saturated carbocycles. The zero-order valence-electron chi connectivity index (χ0n) is 14.9. The molecule has 3 aromatic rings. The zero-order chi connectivity index (χ0) is 19.6. The van der Waals surface area contributed by atoms with E-state index in [2.05, 4.69) is 25.0 Å². The van der Waals surface area contributed by atoms with Gasteiger partial charge in [-0.3, -0.25) is 9.67 Å². The summed E-state index contributed by atoms with van der Waals surface area (Å²) >= 11 is 0. The van der Waals surface area contributed by atoms with Crippen LogP contribution in [0.1, 0.15) is 18.5 Å². The van der Waals surface area contributed by atoms with Crippen LogP contribution < -0.4 is 4.90 Å². The Morgan fingerprint density at radius 3 is 2.64 bits per heavy atom. The lowest BCUT2D eigenvalue weighted by molar-refractivity contribution is -0.141. The first-order valence-corrected chi connectivity index (χ1v) is 8.93. The van der Waals surface area contributed by atoms with Crippen molar-refractivity contribution in [2.45, 2.75) is 25.6 Å². The van der Waals surface area contributed by atoms with E-state index in [-0.39, 0.29) is 17.6 Å². The van der Waals surface area contributed by atoms with Crippen molar-refractivity contribution in [1.82, 2.24) is 29.7 Å². The minimum atomic E-state index is -4.55. The smallest absolute Gasteiger partial charge is 0.356 e. The van der Waals surface area contributed by atoms with Crippen LogP contribution in [0.5, 0.6) is 0 Å². The largest absolute Gasteiger partial charge is 0.433 e. The van der Waals surface area contributed by atoms with Crippen LogP contribution >= 0.6 is 0 Å². The molecule has 0 aliphatic carbocycles. The van der Waals surface area contributed by atoms with Gasteiger partial charge in [-0.25, -0.2) is 15.0 Å². The number of aromatic nitrogens is 6. The molecule has 1 atom stereocenters. The van der Waals surface area contributed by atoms with Crippen LogP contribution in [-0.4, -0.2) is 42.8 Å². The number of piperidine rings is 1. The normalized spacial score (nSPS) is 17.7. The van der Waals surface area contributed by atoms with Crippen LogP contribution in [-0.2, 0) is 12.7 Å². The molecule has 1 aliphatic heterocycles. The maximum absolute atomic E-state index is 13.4. The van der Waals surface area contributed by atoms with E-state index in [1.54, 1.807) is 23.1 Å². The van der Waals surface area contributed by atoms with E-state index in [1.807, 2.05) is 4.90 Å². The third kappa shape index (κ3) is 4.10. The van der Waals surface area contributed by atoms with E-state index < -0.39 is 11.9 Å². The second kappa shape index (κ2) is 7.53. The quantitative estimate of drug-likeness (QED) is 0.683. The van der Waals surface area contributed by atoms with Crippen LogP contribution in [0.3, 0.4) is 0 Å². The molecule has 1 fully saturated rings. The highest BCUT2D eigenvalue weighted by Crippen LogP contribution is 2.33. The summed E-state index contributed by atoms with van der Waals surface area (Å²) in [5.41, 5.74) is -0.443. The minimum Gasteiger partial charge on any atom is -0.356 e. The van der Waals surface area contributed by atoms with Crippen molar-refractivity contribution in [2.75, 3.05) is 18.0 Å². The SMILES string of the molecule is FC(F)(F)c1cc(N2CCCC(Cn3cncn3)C2)nc(-c2ccncc2)n1. The third-order valence-electron chi connectivity index (χ3n) is 4.70. The molecule has 146 valence electrons. The Morgan fingerprint density at radius 1 is 1.11 bits per heavy atom. The summed E-state index contributed by atoms with van der Waals surface area (Å²) in [4.78, 5) is 17.9. The van der Waals surface area contributed by atoms with E-state index in [0.717, 1.165) is 18.9 Å². The Kier molecular flexibility index (Phi) is 4.93. The number of nitrogens with zero attached hydrogens (tertiary/aromatic N) is 7. The summed E-state index contributed by atoms with van der Waals surface area (Å²) in [5.74, 6) is 0.590. The number of rotatable bonds is 4. The first-order chi connectivity index (χ1) is 13.5. The van der Waals surface area contributed by atoms with Crippen LogP contribution in [0.15, 0.2) is 43.2 Å². The number of anilines is 1. The van der Waals surface area contributed by atoms with Crippen molar-refractivity contribution in [1.29, 1.82) is 0 Å². The van der Waals surface area contributed by atoms with Gasteiger partial charge in [0.05, 0.1) is 0 Å². The molecule has 0 N–H and O–H groups in total. The average Bonchev–Trinajstić information content (AvgIpc) is 3.21. The number of hydrogen-bond acceptors (Lipinski definition) is 6. The second-order valence-electron chi connectivity index (χ2n) is 6.74. The molecule has 10 heteroatoms. The fourth-order valence-corrected chi connectivity index (χ4v) is 3.39. The molecular weight excluding hydrogens is 371 g/mol. The van der Waals surface area contributed by atoms with E-state index in [9.17, 15) is 13.2 Å². The van der Waals surface area contributed by atoms with Crippen LogP contribution in [0, 0.1) is 5.92 Å². The molecule has 4 heterocycles. The van der Waals surface area contributed by atoms with Gasteiger partial charge in [-0.15, -0.1) is 0 Å². The van der Waals surface area contributed by atoms with Gasteiger partial charge in [0.25, 0.3) is 0 Å². The van der Waals surface area contributed by atoms with E-state index in [0.29, 0.717) is 25.2 Å². The lowest BCUT2D eigenvalue weighted by Crippen LogP contribution is -2.38. The molecule has 1 aliphatic rings. The van der Waals surface area contributed by atoms with Crippen molar-refractivity contribution >= 4 is 5.82 Å². The maximum Gasteiger partial charge on any atom is 0.433 e. The van der Waals surface area contributed by atoms with Gasteiger partial charge < -0.3 is 4.90 Å². The van der Waals surface area contributed by atoms with Gasteiger partial charge in [0.2, 0.25) is 0 Å². The van der Waals surface area contributed by atoms with Crippen molar-refractivity contribution < 1.29 is 13.2 Å². The maximum atomic E-state index is 13.4. The van der Waals surface area contributed by atoms with Gasteiger partial charge in [-0.2, -0.15) is 18.3 Å². The Bertz CT molecular complexity index is 913. The van der Waals surface area contributed by atoms with E-state index >= 15 is 0 Å². The minimum absolute atomic E-state index is 0.0469. The number of hydrogen-bond donors (Lipinski definition) is 0. The lowest BCUT2D eigenvalue weighted by atomic mass is 9.98. The van der Waals surface area contributed by atoms with Gasteiger partial charge in [0.1, 0.15) is 18.5 Å². The molecule has 0 aromatic carbocycles. The lowest BCUT2D eigenvalue weighted by Gasteiger charge is -2.33. The van der Waals surface area contributed by atoms with Crippen LogP contribution in [0.4, 0.5) is 19.0 Å². The van der Waals surface area contributed by atoms with Crippen molar-refractivity contribution in [3.8, 4) is 11.4 Å². The Balaban J connectivity index is 1.64. The molecular formula is C18H18F3N7. The molecule has 1 saturated heterocycles. The van der Waals surface area contributed by atoms with Crippen molar-refractivity contribution in [3.63, 3.8) is 0 Å². The standard InChI is InChI=1S/C18H18F3N7/c19-18(20,21)15-8-16(26-17(25-15)14-3-5-22-6-4-14)27-7-1-2-13(9-27)10-28-12-23-11-24-28/h3-6,8,11-13H,1-2,7,9-10H2. The highest BCUT2D eigenvalue weighted by atomic mass is 19.4. The van der Waals surface area contributed by atoms with Gasteiger partial charge in [-0.05, 0) is 30.9 Å². The summed E-state index contributed by atoms with van der Waals surface area (Å²) in [6, 6.07) is 4.23. The summed E-state index contributed by atoms with van der Waals surface area (Å²) < 4.78 is 42.0. The predicted molar refractivity (Wildman–Crippen MR) is 95.2 cm³/mol. The molecule has 1 unspecified atom stereocenters. The van der Waals surface area contributed by atoms with Gasteiger partial charge >= 0.3 is 6.18 Å². The third-order valence-corrected chi connectivity index (χ3v) is 4.70. The average molecular weight is 389 g/mol. The molecule has 0 bridgehead atoms. The number of pyridine rings is 1. The molecule has 0 spiro atoms. The van der Waals surface area contributed by atoms with Crippen molar-refractivity contribution in [2.24, 2.45) is 5.92 Å². The van der Waals surface area contributed by atoms with Gasteiger partial charge in [0.15, 0.2) is 11.5 Å². The van der Waals surface area contributed by atoms with Crippen LogP contribution in [0.25, 0.3) is 11.4 Å². The number of alkyl halides is 3. The number of halogens is 3. The summed E-state index contributed by atoms with van der Waals surface area (Å²) in [6.45, 7) is 1.92. The zero-order valence-corrected chi connectivity index (χ0v) is 14.9. The Labute approximate surface area is 159 Å². The molecule has 0 amide bonds. The summed E-state index contributed by atoms with van der Waals surface area (Å²) in [5, 5.41) is 4.12. The van der Waals surface area contributed by atoms with E-state index in [4.69, 9.17) is 0 Å². The highest BCUT2D eigenvalue weighted by Gasteiger charge is 2.35. The molecule has 3 aromatic heterocycles. The Hall–Kier alpha value is -3.04. The fourth-order valence-electron chi connectivity index (χ4n) is 3.39. The molecule has 4 rings (SSSR count). The first-order valence-electron chi connectivity index (χ1n) is 8.93. The summed E-state index contributed by atoms with van der Waals surface area (Å²) in [6.07, 6.45) is 3.44. The fraction of sp³-hybridized carbons (Fsp3) is 0.389. The first kappa shape index (κ1) is 18.3. The molecule has 7 nitrogen and oxygen atoms in total. The predicted octanol–water partition coefficient (Wildman–Crippen LogP) is 3.07. The second-order valence-corrected chi connectivity index (χ2v) is 6.74. The molecule has 0 radical (unpaired) electrons. The van der Waals surface area contributed by atoms with Gasteiger partial charge in [0, 0.05) is 43.7 Å². The van der Waals surface area contributed by atoms with Crippen molar-refractivity contribution in [3.05, 3.63) is 48.9 Å².